The first-order chi connectivity index (χ1) is 7.28. The fraction of sp³-hybridized carbons (Fsp3) is 0.700. The number of aryl methyl sites for hydroxylation is 1. The third-order valence-electron chi connectivity index (χ3n) is 2.32. The van der Waals surface area contributed by atoms with Gasteiger partial charge in [-0.3, -0.25) is 0 Å². The Morgan fingerprint density at radius 3 is 2.80 bits per heavy atom. The monoisotopic (exact) mass is 226 g/mol. The molecule has 0 bridgehead atoms. The van der Waals surface area contributed by atoms with Crippen molar-refractivity contribution in [3.8, 4) is 0 Å². The van der Waals surface area contributed by atoms with E-state index in [1.807, 2.05) is 0 Å². The maximum Gasteiger partial charge on any atom is 0.227 e. The van der Waals surface area contributed by atoms with Crippen LogP contribution in [0.1, 0.15) is 38.4 Å². The Bertz CT molecular complexity index is 338. The van der Waals surface area contributed by atoms with Crippen molar-refractivity contribution in [3.05, 3.63) is 11.1 Å². The Morgan fingerprint density at radius 2 is 2.13 bits per heavy atom. The highest BCUT2D eigenvalue weighted by atomic mass is 35.5. The molecule has 0 spiro atoms. The molecule has 0 saturated heterocycles. The Hall–Kier alpha value is -0.900. The van der Waals surface area contributed by atoms with Gasteiger partial charge >= 0.3 is 0 Å². The average molecular weight is 227 g/mol. The van der Waals surface area contributed by atoms with E-state index in [9.17, 15) is 0 Å². The van der Waals surface area contributed by atoms with E-state index in [1.54, 1.807) is 0 Å². The number of hydrogen-bond donors (Lipinski definition) is 1. The smallest absolute Gasteiger partial charge is 0.227 e. The Balaban J connectivity index is 2.05. The summed E-state index contributed by atoms with van der Waals surface area (Å²) in [4.78, 5) is 12.5. The number of nitrogens with one attached hydrogen (secondary N) is 1. The molecule has 1 aliphatic rings. The molecule has 1 aromatic rings. The van der Waals surface area contributed by atoms with Crippen LogP contribution in [-0.4, -0.2) is 21.0 Å². The summed E-state index contributed by atoms with van der Waals surface area (Å²) in [5.41, 5.74) is 0. The van der Waals surface area contributed by atoms with Crippen molar-refractivity contribution in [2.45, 2.75) is 45.1 Å². The molecule has 82 valence electrons. The lowest BCUT2D eigenvalue weighted by Gasteiger charge is -2.04. The third-order valence-corrected chi connectivity index (χ3v) is 2.49. The molecular weight excluding hydrogens is 212 g/mol. The number of halogens is 1. The minimum Gasteiger partial charge on any atom is -0.351 e. The van der Waals surface area contributed by atoms with Crippen LogP contribution in [0.4, 0.5) is 5.95 Å². The molecule has 0 aliphatic heterocycles. The van der Waals surface area contributed by atoms with Gasteiger partial charge in [0.2, 0.25) is 11.2 Å². The van der Waals surface area contributed by atoms with Gasteiger partial charge in [-0.2, -0.15) is 9.97 Å². The zero-order valence-corrected chi connectivity index (χ0v) is 9.59. The van der Waals surface area contributed by atoms with Crippen LogP contribution in [0.3, 0.4) is 0 Å². The molecule has 1 aromatic heterocycles. The second-order valence-electron chi connectivity index (χ2n) is 3.87. The van der Waals surface area contributed by atoms with Crippen molar-refractivity contribution in [1.82, 2.24) is 15.0 Å². The Kier molecular flexibility index (Phi) is 3.36. The summed E-state index contributed by atoms with van der Waals surface area (Å²) >= 11 is 5.83. The SMILES string of the molecule is CCCCc1nc(Cl)nc(NC2CC2)n1. The number of aromatic nitrogens is 3. The summed E-state index contributed by atoms with van der Waals surface area (Å²) in [7, 11) is 0. The minimum absolute atomic E-state index is 0.291. The lowest BCUT2D eigenvalue weighted by atomic mass is 10.2. The number of unbranched alkanes of at least 4 members (excludes halogenated alkanes) is 1. The quantitative estimate of drug-likeness (QED) is 0.838. The molecule has 5 heteroatoms. The summed E-state index contributed by atoms with van der Waals surface area (Å²) in [6.07, 6.45) is 5.50. The zero-order chi connectivity index (χ0) is 10.7. The molecule has 1 heterocycles. The van der Waals surface area contributed by atoms with Gasteiger partial charge in [-0.25, -0.2) is 4.98 Å². The summed E-state index contributed by atoms with van der Waals surface area (Å²) < 4.78 is 0. The van der Waals surface area contributed by atoms with Crippen LogP contribution in [0.2, 0.25) is 5.28 Å². The van der Waals surface area contributed by atoms with E-state index in [4.69, 9.17) is 11.6 Å². The summed E-state index contributed by atoms with van der Waals surface area (Å²) in [6, 6.07) is 0.544. The Labute approximate surface area is 94.5 Å². The van der Waals surface area contributed by atoms with Gasteiger partial charge in [0.15, 0.2) is 0 Å². The molecule has 0 amide bonds. The van der Waals surface area contributed by atoms with Crippen molar-refractivity contribution in [3.63, 3.8) is 0 Å². The standard InChI is InChI=1S/C10H15ClN4/c1-2-3-4-8-13-9(11)15-10(14-8)12-7-5-6-7/h7H,2-6H2,1H3,(H,12,13,14,15). The summed E-state index contributed by atoms with van der Waals surface area (Å²) in [5.74, 6) is 1.42. The first-order valence-electron chi connectivity index (χ1n) is 5.45. The zero-order valence-electron chi connectivity index (χ0n) is 8.83. The first kappa shape index (κ1) is 10.6. The van der Waals surface area contributed by atoms with Gasteiger partial charge in [0.1, 0.15) is 5.82 Å². The molecule has 1 fully saturated rings. The normalized spacial score (nSPS) is 15.3. The highest BCUT2D eigenvalue weighted by molar-refractivity contribution is 6.28. The van der Waals surface area contributed by atoms with Gasteiger partial charge in [0, 0.05) is 12.5 Å². The van der Waals surface area contributed by atoms with Crippen molar-refractivity contribution in [2.24, 2.45) is 0 Å². The second kappa shape index (κ2) is 4.75. The minimum atomic E-state index is 0.291. The highest BCUT2D eigenvalue weighted by Gasteiger charge is 2.22. The Morgan fingerprint density at radius 1 is 1.33 bits per heavy atom. The summed E-state index contributed by atoms with van der Waals surface area (Å²) in [5, 5.41) is 3.52. The van der Waals surface area contributed by atoms with Crippen LogP contribution >= 0.6 is 11.6 Å². The van der Waals surface area contributed by atoms with Crippen LogP contribution in [0.5, 0.6) is 0 Å². The van der Waals surface area contributed by atoms with E-state index in [-0.39, 0.29) is 0 Å². The van der Waals surface area contributed by atoms with Crippen molar-refractivity contribution < 1.29 is 0 Å². The molecule has 0 atom stereocenters. The lowest BCUT2D eigenvalue weighted by molar-refractivity contribution is 0.744. The van der Waals surface area contributed by atoms with Crippen molar-refractivity contribution in [2.75, 3.05) is 5.32 Å². The summed E-state index contributed by atoms with van der Waals surface area (Å²) in [6.45, 7) is 2.14. The van der Waals surface area contributed by atoms with Gasteiger partial charge in [-0.15, -0.1) is 0 Å². The van der Waals surface area contributed by atoms with E-state index in [0.717, 1.165) is 25.1 Å². The van der Waals surface area contributed by atoms with Crippen LogP contribution in [0.15, 0.2) is 0 Å². The molecule has 1 aliphatic carbocycles. The van der Waals surface area contributed by atoms with Gasteiger partial charge in [-0.1, -0.05) is 13.3 Å². The van der Waals surface area contributed by atoms with E-state index < -0.39 is 0 Å². The third kappa shape index (κ3) is 3.30. The fourth-order valence-corrected chi connectivity index (χ4v) is 1.49. The second-order valence-corrected chi connectivity index (χ2v) is 4.20. The van der Waals surface area contributed by atoms with E-state index in [2.05, 4.69) is 27.2 Å². The van der Waals surface area contributed by atoms with Crippen molar-refractivity contribution >= 4 is 17.5 Å². The molecule has 0 unspecified atom stereocenters. The lowest BCUT2D eigenvalue weighted by Crippen LogP contribution is -2.08. The topological polar surface area (TPSA) is 50.7 Å². The molecular formula is C10H15ClN4. The molecule has 1 saturated carbocycles. The van der Waals surface area contributed by atoms with Gasteiger partial charge in [0.25, 0.3) is 0 Å². The largest absolute Gasteiger partial charge is 0.351 e. The van der Waals surface area contributed by atoms with Crippen LogP contribution in [0.25, 0.3) is 0 Å². The number of anilines is 1. The molecule has 1 N–H and O–H groups in total. The van der Waals surface area contributed by atoms with Crippen LogP contribution in [-0.2, 0) is 6.42 Å². The average Bonchev–Trinajstić information content (AvgIpc) is 2.98. The predicted molar refractivity (Wildman–Crippen MR) is 60.1 cm³/mol. The van der Waals surface area contributed by atoms with E-state index in [0.29, 0.717) is 17.3 Å². The van der Waals surface area contributed by atoms with Gasteiger partial charge in [-0.05, 0) is 30.9 Å². The maximum absolute atomic E-state index is 5.83. The first-order valence-corrected chi connectivity index (χ1v) is 5.82. The molecule has 2 rings (SSSR count). The van der Waals surface area contributed by atoms with Gasteiger partial charge < -0.3 is 5.32 Å². The maximum atomic E-state index is 5.83. The molecule has 15 heavy (non-hydrogen) atoms. The molecule has 4 nitrogen and oxygen atoms in total. The van der Waals surface area contributed by atoms with Crippen LogP contribution < -0.4 is 5.32 Å². The number of rotatable bonds is 5. The van der Waals surface area contributed by atoms with Crippen molar-refractivity contribution in [1.29, 1.82) is 0 Å². The highest BCUT2D eigenvalue weighted by Crippen LogP contribution is 2.23. The number of nitrogens with zero attached hydrogens (tertiary/aromatic N) is 3. The van der Waals surface area contributed by atoms with Crippen LogP contribution in [0, 0.1) is 0 Å². The molecule has 0 aromatic carbocycles. The van der Waals surface area contributed by atoms with E-state index >= 15 is 0 Å². The van der Waals surface area contributed by atoms with E-state index in [1.165, 1.54) is 12.8 Å². The predicted octanol–water partition coefficient (Wildman–Crippen LogP) is 2.44. The molecule has 0 radical (unpaired) electrons. The fourth-order valence-electron chi connectivity index (χ4n) is 1.31. The van der Waals surface area contributed by atoms with Gasteiger partial charge in [0.05, 0.1) is 0 Å². The number of hydrogen-bond acceptors (Lipinski definition) is 4.